The van der Waals surface area contributed by atoms with Crippen molar-refractivity contribution in [1.82, 2.24) is 9.80 Å². The van der Waals surface area contributed by atoms with Crippen molar-refractivity contribution >= 4 is 27.7 Å². The SMILES string of the molecule is COc1ccc(C(=O)N2CCCN(C(=O)c3ccccc3Br)CC2)cc1. The molecule has 3 rings (SSSR count). The van der Waals surface area contributed by atoms with Crippen molar-refractivity contribution in [3.63, 3.8) is 0 Å². The van der Waals surface area contributed by atoms with E-state index in [9.17, 15) is 9.59 Å². The first-order valence-electron chi connectivity index (χ1n) is 8.57. The number of benzene rings is 2. The van der Waals surface area contributed by atoms with Gasteiger partial charge in [-0.25, -0.2) is 0 Å². The summed E-state index contributed by atoms with van der Waals surface area (Å²) >= 11 is 3.44. The second-order valence-electron chi connectivity index (χ2n) is 6.15. The van der Waals surface area contributed by atoms with Crippen LogP contribution in [-0.2, 0) is 0 Å². The van der Waals surface area contributed by atoms with Crippen LogP contribution in [0.4, 0.5) is 0 Å². The number of carbonyl (C=O) groups is 2. The van der Waals surface area contributed by atoms with Crippen molar-refractivity contribution < 1.29 is 14.3 Å². The van der Waals surface area contributed by atoms with E-state index in [1.165, 1.54) is 0 Å². The Morgan fingerprint density at radius 1 is 0.885 bits per heavy atom. The van der Waals surface area contributed by atoms with Crippen molar-refractivity contribution in [3.8, 4) is 5.75 Å². The van der Waals surface area contributed by atoms with Gasteiger partial charge >= 0.3 is 0 Å². The second kappa shape index (κ2) is 8.36. The van der Waals surface area contributed by atoms with E-state index in [4.69, 9.17) is 4.74 Å². The number of hydrogen-bond acceptors (Lipinski definition) is 3. The van der Waals surface area contributed by atoms with Crippen LogP contribution in [0, 0.1) is 0 Å². The van der Waals surface area contributed by atoms with Gasteiger partial charge in [-0.05, 0) is 58.7 Å². The molecule has 1 aliphatic heterocycles. The number of ether oxygens (including phenoxy) is 1. The van der Waals surface area contributed by atoms with Gasteiger partial charge in [0, 0.05) is 36.2 Å². The second-order valence-corrected chi connectivity index (χ2v) is 7.00. The molecule has 136 valence electrons. The van der Waals surface area contributed by atoms with E-state index in [0.29, 0.717) is 37.3 Å². The summed E-state index contributed by atoms with van der Waals surface area (Å²) in [7, 11) is 1.60. The molecular weight excluding hydrogens is 396 g/mol. The van der Waals surface area contributed by atoms with Gasteiger partial charge in [0.15, 0.2) is 0 Å². The summed E-state index contributed by atoms with van der Waals surface area (Å²) in [6, 6.07) is 14.5. The Kier molecular flexibility index (Phi) is 5.93. The van der Waals surface area contributed by atoms with Crippen LogP contribution in [0.25, 0.3) is 0 Å². The highest BCUT2D eigenvalue weighted by molar-refractivity contribution is 9.10. The Labute approximate surface area is 161 Å². The van der Waals surface area contributed by atoms with Gasteiger partial charge in [-0.15, -0.1) is 0 Å². The first-order valence-corrected chi connectivity index (χ1v) is 9.36. The normalized spacial score (nSPS) is 14.7. The molecule has 1 aliphatic rings. The molecule has 0 unspecified atom stereocenters. The van der Waals surface area contributed by atoms with Crippen LogP contribution in [0.5, 0.6) is 5.75 Å². The molecule has 2 aromatic rings. The van der Waals surface area contributed by atoms with Crippen LogP contribution in [0.3, 0.4) is 0 Å². The maximum atomic E-state index is 12.8. The highest BCUT2D eigenvalue weighted by atomic mass is 79.9. The summed E-state index contributed by atoms with van der Waals surface area (Å²) in [6.45, 7) is 2.35. The molecule has 1 saturated heterocycles. The van der Waals surface area contributed by atoms with Crippen molar-refractivity contribution in [2.24, 2.45) is 0 Å². The average molecular weight is 417 g/mol. The van der Waals surface area contributed by atoms with E-state index in [1.54, 1.807) is 31.4 Å². The first kappa shape index (κ1) is 18.5. The third-order valence-corrected chi connectivity index (χ3v) is 5.20. The van der Waals surface area contributed by atoms with Gasteiger partial charge in [0.25, 0.3) is 11.8 Å². The number of halogens is 1. The third kappa shape index (κ3) is 4.07. The molecule has 0 spiro atoms. The van der Waals surface area contributed by atoms with Gasteiger partial charge in [-0.3, -0.25) is 9.59 Å². The van der Waals surface area contributed by atoms with Crippen molar-refractivity contribution in [1.29, 1.82) is 0 Å². The Morgan fingerprint density at radius 2 is 1.50 bits per heavy atom. The fourth-order valence-electron chi connectivity index (χ4n) is 3.04. The minimum atomic E-state index is -0.0113. The molecule has 0 N–H and O–H groups in total. The maximum absolute atomic E-state index is 12.8. The lowest BCUT2D eigenvalue weighted by atomic mass is 10.2. The molecule has 0 radical (unpaired) electrons. The van der Waals surface area contributed by atoms with Crippen LogP contribution in [-0.4, -0.2) is 54.9 Å². The van der Waals surface area contributed by atoms with Crippen LogP contribution in [0.1, 0.15) is 27.1 Å². The van der Waals surface area contributed by atoms with E-state index in [-0.39, 0.29) is 11.8 Å². The van der Waals surface area contributed by atoms with Crippen LogP contribution in [0.15, 0.2) is 53.0 Å². The number of amides is 2. The monoisotopic (exact) mass is 416 g/mol. The molecule has 6 heteroatoms. The Morgan fingerprint density at radius 3 is 2.12 bits per heavy atom. The van der Waals surface area contributed by atoms with Gasteiger partial charge in [0.2, 0.25) is 0 Å². The van der Waals surface area contributed by atoms with E-state index < -0.39 is 0 Å². The Bertz CT molecular complexity index is 792. The standard InChI is InChI=1S/C20H21BrN2O3/c1-26-16-9-7-15(8-10-16)19(24)22-11-4-12-23(14-13-22)20(25)17-5-2-3-6-18(17)21/h2-3,5-10H,4,11-14H2,1H3. The summed E-state index contributed by atoms with van der Waals surface area (Å²) in [4.78, 5) is 29.1. The van der Waals surface area contributed by atoms with E-state index in [2.05, 4.69) is 15.9 Å². The van der Waals surface area contributed by atoms with E-state index in [1.807, 2.05) is 34.1 Å². The van der Waals surface area contributed by atoms with Gasteiger partial charge in [0.05, 0.1) is 12.7 Å². The number of nitrogens with zero attached hydrogens (tertiary/aromatic N) is 2. The zero-order chi connectivity index (χ0) is 18.5. The lowest BCUT2D eigenvalue weighted by Crippen LogP contribution is -2.37. The molecule has 1 heterocycles. The molecule has 1 fully saturated rings. The minimum absolute atomic E-state index is 0.00350. The quantitative estimate of drug-likeness (QED) is 0.769. The van der Waals surface area contributed by atoms with Crippen molar-refractivity contribution in [3.05, 3.63) is 64.1 Å². The fourth-order valence-corrected chi connectivity index (χ4v) is 3.50. The smallest absolute Gasteiger partial charge is 0.255 e. The largest absolute Gasteiger partial charge is 0.497 e. The third-order valence-electron chi connectivity index (χ3n) is 4.51. The van der Waals surface area contributed by atoms with Gasteiger partial charge in [-0.1, -0.05) is 12.1 Å². The lowest BCUT2D eigenvalue weighted by molar-refractivity contribution is 0.0718. The predicted molar refractivity (Wildman–Crippen MR) is 104 cm³/mol. The zero-order valence-corrected chi connectivity index (χ0v) is 16.2. The summed E-state index contributed by atoms with van der Waals surface area (Å²) < 4.78 is 5.93. The van der Waals surface area contributed by atoms with Crippen molar-refractivity contribution in [2.75, 3.05) is 33.3 Å². The fraction of sp³-hybridized carbons (Fsp3) is 0.300. The lowest BCUT2D eigenvalue weighted by Gasteiger charge is -2.22. The highest BCUT2D eigenvalue weighted by Gasteiger charge is 2.24. The number of carbonyl (C=O) groups excluding carboxylic acids is 2. The molecule has 0 aliphatic carbocycles. The topological polar surface area (TPSA) is 49.9 Å². The summed E-state index contributed by atoms with van der Waals surface area (Å²) in [5, 5.41) is 0. The predicted octanol–water partition coefficient (Wildman–Crippen LogP) is 3.45. The van der Waals surface area contributed by atoms with Crippen molar-refractivity contribution in [2.45, 2.75) is 6.42 Å². The molecular formula is C20H21BrN2O3. The zero-order valence-electron chi connectivity index (χ0n) is 14.7. The van der Waals surface area contributed by atoms with Gasteiger partial charge in [0.1, 0.15) is 5.75 Å². The first-order chi connectivity index (χ1) is 12.6. The molecule has 0 saturated carbocycles. The summed E-state index contributed by atoms with van der Waals surface area (Å²) in [6.07, 6.45) is 0.762. The van der Waals surface area contributed by atoms with E-state index >= 15 is 0 Å². The molecule has 2 amide bonds. The van der Waals surface area contributed by atoms with Gasteiger partial charge < -0.3 is 14.5 Å². The molecule has 0 aromatic heterocycles. The Hall–Kier alpha value is -2.34. The molecule has 26 heavy (non-hydrogen) atoms. The van der Waals surface area contributed by atoms with E-state index in [0.717, 1.165) is 16.6 Å². The number of rotatable bonds is 3. The highest BCUT2D eigenvalue weighted by Crippen LogP contribution is 2.19. The molecule has 2 aromatic carbocycles. The maximum Gasteiger partial charge on any atom is 0.255 e. The van der Waals surface area contributed by atoms with Crippen LogP contribution >= 0.6 is 15.9 Å². The minimum Gasteiger partial charge on any atom is -0.497 e. The Balaban J connectivity index is 1.67. The van der Waals surface area contributed by atoms with Crippen LogP contribution in [0.2, 0.25) is 0 Å². The molecule has 5 nitrogen and oxygen atoms in total. The van der Waals surface area contributed by atoms with Gasteiger partial charge in [-0.2, -0.15) is 0 Å². The summed E-state index contributed by atoms with van der Waals surface area (Å²) in [5.74, 6) is 0.710. The molecule has 0 atom stereocenters. The number of methoxy groups -OCH3 is 1. The number of hydrogen-bond donors (Lipinski definition) is 0. The van der Waals surface area contributed by atoms with Crippen LogP contribution < -0.4 is 4.74 Å². The average Bonchev–Trinajstić information content (AvgIpc) is 2.93. The molecule has 0 bridgehead atoms. The summed E-state index contributed by atoms with van der Waals surface area (Å²) in [5.41, 5.74) is 1.29.